The fourth-order valence-corrected chi connectivity index (χ4v) is 2.84. The lowest BCUT2D eigenvalue weighted by molar-refractivity contribution is 0.0926. The lowest BCUT2D eigenvalue weighted by Crippen LogP contribution is -2.28. The monoisotopic (exact) mass is 328 g/mol. The van der Waals surface area contributed by atoms with Crippen molar-refractivity contribution in [1.29, 1.82) is 0 Å². The van der Waals surface area contributed by atoms with Gasteiger partial charge in [0.15, 0.2) is 5.82 Å². The van der Waals surface area contributed by atoms with Gasteiger partial charge in [0.1, 0.15) is 0 Å². The number of rotatable bonds is 3. The molecule has 0 saturated carbocycles. The Bertz CT molecular complexity index is 1010. The molecule has 0 saturated heterocycles. The fourth-order valence-electron chi connectivity index (χ4n) is 2.84. The molecular weight excluding hydrogens is 310 g/mol. The van der Waals surface area contributed by atoms with Gasteiger partial charge in [0.25, 0.3) is 17.6 Å². The Hall–Kier alpha value is -3.10. The molecule has 2 aromatic heterocycles. The van der Waals surface area contributed by atoms with Gasteiger partial charge >= 0.3 is 0 Å². The van der Waals surface area contributed by atoms with E-state index in [9.17, 15) is 4.79 Å². The highest BCUT2D eigenvalue weighted by molar-refractivity contribution is 5.90. The van der Waals surface area contributed by atoms with Crippen molar-refractivity contribution >= 4 is 5.91 Å². The smallest absolute Gasteiger partial charge is 0.293 e. The van der Waals surface area contributed by atoms with Crippen LogP contribution in [-0.2, 0) is 13.5 Å². The maximum Gasteiger partial charge on any atom is 0.293 e. The zero-order valence-corrected chi connectivity index (χ0v) is 12.7. The number of amides is 1. The molecule has 4 rings (SSSR count). The van der Waals surface area contributed by atoms with Crippen LogP contribution in [0.15, 0.2) is 22.7 Å². The van der Waals surface area contributed by atoms with Crippen LogP contribution in [-0.4, -0.2) is 36.3 Å². The van der Waals surface area contributed by atoms with E-state index in [-0.39, 0.29) is 29.5 Å². The third-order valence-electron chi connectivity index (χ3n) is 3.91. The predicted molar refractivity (Wildman–Crippen MR) is 81.8 cm³/mol. The SMILES string of the molecule is [2H]C([2H])([2H])c1noc(-c2ccc3c(c2)CC[C@H]3NC(=O)c2nnn(C)n2)n1. The van der Waals surface area contributed by atoms with E-state index in [1.165, 1.54) is 4.80 Å². The van der Waals surface area contributed by atoms with Crippen LogP contribution in [0.1, 0.15) is 44.1 Å². The number of aryl methyl sites for hydroxylation is 3. The molecule has 1 aromatic carbocycles. The topological polar surface area (TPSA) is 112 Å². The number of fused-ring (bicyclic) bond motifs is 1. The molecule has 1 amide bonds. The molecule has 9 nitrogen and oxygen atoms in total. The predicted octanol–water partition coefficient (Wildman–Crippen LogP) is 0.986. The highest BCUT2D eigenvalue weighted by Crippen LogP contribution is 2.34. The van der Waals surface area contributed by atoms with Crippen LogP contribution >= 0.6 is 0 Å². The summed E-state index contributed by atoms with van der Waals surface area (Å²) in [4.78, 5) is 17.4. The summed E-state index contributed by atoms with van der Waals surface area (Å²) in [7, 11) is 1.59. The average Bonchev–Trinajstić information content (AvgIpc) is 3.33. The number of carbonyl (C=O) groups excluding carboxylic acids is 1. The van der Waals surface area contributed by atoms with Crippen LogP contribution in [0.2, 0.25) is 0 Å². The molecule has 2 heterocycles. The summed E-state index contributed by atoms with van der Waals surface area (Å²) in [6.07, 6.45) is 1.48. The Morgan fingerprint density at radius 2 is 2.42 bits per heavy atom. The van der Waals surface area contributed by atoms with Crippen molar-refractivity contribution in [2.45, 2.75) is 25.7 Å². The second kappa shape index (κ2) is 5.52. The molecule has 0 unspecified atom stereocenters. The average molecular weight is 328 g/mol. The number of nitrogens with one attached hydrogen (secondary N) is 1. The molecule has 0 bridgehead atoms. The van der Waals surface area contributed by atoms with E-state index in [0.717, 1.165) is 24.0 Å². The zero-order chi connectivity index (χ0) is 19.2. The minimum absolute atomic E-state index is 0.0191. The van der Waals surface area contributed by atoms with Gasteiger partial charge in [0.05, 0.1) is 13.1 Å². The second-order valence-corrected chi connectivity index (χ2v) is 5.50. The van der Waals surface area contributed by atoms with E-state index in [0.29, 0.717) is 5.56 Å². The Labute approximate surface area is 141 Å². The van der Waals surface area contributed by atoms with Crippen LogP contribution in [0.5, 0.6) is 0 Å². The van der Waals surface area contributed by atoms with Gasteiger partial charge in [-0.25, -0.2) is 0 Å². The van der Waals surface area contributed by atoms with Crippen LogP contribution in [0, 0.1) is 6.85 Å². The van der Waals surface area contributed by atoms with Crippen LogP contribution in [0.25, 0.3) is 11.5 Å². The zero-order valence-electron chi connectivity index (χ0n) is 15.7. The first-order valence-electron chi connectivity index (χ1n) is 8.83. The van der Waals surface area contributed by atoms with Crippen LogP contribution in [0.3, 0.4) is 0 Å². The molecule has 1 atom stereocenters. The number of hydrogen-bond donors (Lipinski definition) is 1. The quantitative estimate of drug-likeness (QED) is 0.763. The molecule has 122 valence electrons. The first kappa shape index (κ1) is 11.4. The lowest BCUT2D eigenvalue weighted by atomic mass is 10.0. The molecule has 0 spiro atoms. The van der Waals surface area contributed by atoms with E-state index < -0.39 is 6.85 Å². The normalized spacial score (nSPS) is 18.5. The van der Waals surface area contributed by atoms with Gasteiger partial charge < -0.3 is 9.84 Å². The summed E-state index contributed by atoms with van der Waals surface area (Å²) < 4.78 is 27.1. The van der Waals surface area contributed by atoms with Crippen molar-refractivity contribution in [2.75, 3.05) is 0 Å². The van der Waals surface area contributed by atoms with Crippen molar-refractivity contribution in [3.8, 4) is 11.5 Å². The summed E-state index contributed by atoms with van der Waals surface area (Å²) in [6.45, 7) is -2.41. The molecule has 0 radical (unpaired) electrons. The largest absolute Gasteiger partial charge is 0.342 e. The first-order chi connectivity index (χ1) is 12.8. The van der Waals surface area contributed by atoms with E-state index in [2.05, 4.69) is 30.9 Å². The molecular formula is C15H15N7O2. The van der Waals surface area contributed by atoms with Gasteiger partial charge in [-0.15, -0.1) is 10.2 Å². The van der Waals surface area contributed by atoms with E-state index in [1.807, 2.05) is 12.1 Å². The third-order valence-corrected chi connectivity index (χ3v) is 3.91. The summed E-state index contributed by atoms with van der Waals surface area (Å²) in [6, 6.07) is 5.34. The Kier molecular flexibility index (Phi) is 2.63. The number of benzene rings is 1. The third kappa shape index (κ3) is 2.53. The van der Waals surface area contributed by atoms with E-state index >= 15 is 0 Å². The number of carbonyl (C=O) groups is 1. The Morgan fingerprint density at radius 3 is 3.17 bits per heavy atom. The molecule has 24 heavy (non-hydrogen) atoms. The second-order valence-electron chi connectivity index (χ2n) is 5.50. The van der Waals surface area contributed by atoms with Crippen molar-refractivity contribution in [3.63, 3.8) is 0 Å². The highest BCUT2D eigenvalue weighted by atomic mass is 16.5. The fraction of sp³-hybridized carbons (Fsp3) is 0.333. The van der Waals surface area contributed by atoms with Crippen molar-refractivity contribution < 1.29 is 13.4 Å². The van der Waals surface area contributed by atoms with Gasteiger partial charge in [-0.3, -0.25) is 4.79 Å². The maximum atomic E-state index is 12.2. The van der Waals surface area contributed by atoms with E-state index in [4.69, 9.17) is 8.64 Å². The Balaban J connectivity index is 1.54. The van der Waals surface area contributed by atoms with E-state index in [1.54, 1.807) is 13.1 Å². The van der Waals surface area contributed by atoms with Crippen molar-refractivity contribution in [1.82, 2.24) is 35.7 Å². The van der Waals surface area contributed by atoms with Gasteiger partial charge in [0, 0.05) is 9.68 Å². The van der Waals surface area contributed by atoms with Gasteiger partial charge in [-0.1, -0.05) is 11.2 Å². The highest BCUT2D eigenvalue weighted by Gasteiger charge is 2.26. The number of aromatic nitrogens is 6. The molecule has 9 heteroatoms. The summed E-state index contributed by atoms with van der Waals surface area (Å²) in [5.74, 6) is -0.533. The molecule has 1 N–H and O–H groups in total. The molecule has 3 aromatic rings. The summed E-state index contributed by atoms with van der Waals surface area (Å²) in [5, 5.41) is 17.7. The maximum absolute atomic E-state index is 12.2. The van der Waals surface area contributed by atoms with Crippen molar-refractivity contribution in [3.05, 3.63) is 41.0 Å². The number of nitrogens with zero attached hydrogens (tertiary/aromatic N) is 6. The van der Waals surface area contributed by atoms with Crippen LogP contribution in [0.4, 0.5) is 0 Å². The summed E-state index contributed by atoms with van der Waals surface area (Å²) in [5.41, 5.74) is 2.64. The minimum Gasteiger partial charge on any atom is -0.342 e. The molecule has 1 aliphatic rings. The van der Waals surface area contributed by atoms with Crippen molar-refractivity contribution in [2.24, 2.45) is 7.05 Å². The summed E-state index contributed by atoms with van der Waals surface area (Å²) >= 11 is 0. The first-order valence-corrected chi connectivity index (χ1v) is 7.33. The standard InChI is InChI=1S/C15H15N7O2/c1-8-16-15(24-20-8)10-3-5-11-9(7-10)4-6-12(11)17-14(23)13-18-21-22(2)19-13/h3,5,7,12H,4,6H2,1-2H3,(H,17,23)/t12-/m1/s1/i1D3. The lowest BCUT2D eigenvalue weighted by Gasteiger charge is -2.12. The molecule has 0 fully saturated rings. The molecule has 1 aliphatic carbocycles. The van der Waals surface area contributed by atoms with Gasteiger partial charge in [-0.05, 0) is 48.2 Å². The van der Waals surface area contributed by atoms with Gasteiger partial charge in [0.2, 0.25) is 0 Å². The number of hydrogen-bond acceptors (Lipinski definition) is 7. The molecule has 0 aliphatic heterocycles. The van der Waals surface area contributed by atoms with Crippen LogP contribution < -0.4 is 5.32 Å². The van der Waals surface area contributed by atoms with Gasteiger partial charge in [-0.2, -0.15) is 9.78 Å². The minimum atomic E-state index is -2.41. The number of tetrazole rings is 1. The Morgan fingerprint density at radius 1 is 1.50 bits per heavy atom.